The lowest BCUT2D eigenvalue weighted by Crippen LogP contribution is -2.24. The minimum Gasteiger partial charge on any atom is -0.309 e. The maximum absolute atomic E-state index is 10.7. The first-order valence-electron chi connectivity index (χ1n) is 4.15. The molecule has 1 unspecified atom stereocenters. The van der Waals surface area contributed by atoms with E-state index in [9.17, 15) is 4.79 Å². The van der Waals surface area contributed by atoms with E-state index in [1.807, 2.05) is 21.0 Å². The van der Waals surface area contributed by atoms with Gasteiger partial charge in [0, 0.05) is 5.41 Å². The summed E-state index contributed by atoms with van der Waals surface area (Å²) in [6, 6.07) is 0. The number of aldehydes is 1. The topological polar surface area (TPSA) is 20.3 Å². The molecule has 0 fully saturated rings. The van der Waals surface area contributed by atoms with Crippen molar-refractivity contribution >= 4 is 6.29 Å². The third kappa shape index (κ3) is 4.14. The van der Waals surface area contributed by atoms with Crippen molar-refractivity contribution in [2.24, 2.45) is 5.41 Å². The number of hydrogen-bond acceptors (Lipinski definition) is 2. The lowest BCUT2D eigenvalue weighted by Gasteiger charge is -2.22. The molecule has 0 amide bonds. The number of carbonyl (C=O) groups is 1. The molecule has 2 nitrogen and oxygen atoms in total. The number of nitrogens with zero attached hydrogens (tertiary/aromatic N) is 1. The summed E-state index contributed by atoms with van der Waals surface area (Å²) in [4.78, 5) is 12.8. The number of rotatable bonds is 5. The van der Waals surface area contributed by atoms with Crippen molar-refractivity contribution in [2.75, 3.05) is 20.6 Å². The normalized spacial score (nSPS) is 16.5. The molecule has 0 aromatic carbocycles. The van der Waals surface area contributed by atoms with Gasteiger partial charge >= 0.3 is 0 Å². The van der Waals surface area contributed by atoms with Gasteiger partial charge in [-0.2, -0.15) is 0 Å². The zero-order chi connectivity index (χ0) is 8.91. The average molecular weight is 157 g/mol. The molecule has 0 aliphatic rings. The molecule has 0 N–H and O–H groups in total. The van der Waals surface area contributed by atoms with Crippen LogP contribution in [-0.4, -0.2) is 31.8 Å². The van der Waals surface area contributed by atoms with E-state index in [0.717, 1.165) is 25.7 Å². The summed E-state index contributed by atoms with van der Waals surface area (Å²) in [6.45, 7) is 5.07. The quantitative estimate of drug-likeness (QED) is 0.564. The Balaban J connectivity index is 3.78. The Morgan fingerprint density at radius 3 is 2.27 bits per heavy atom. The predicted molar refractivity (Wildman–Crippen MR) is 47.6 cm³/mol. The smallest absolute Gasteiger partial charge is 0.125 e. The van der Waals surface area contributed by atoms with E-state index < -0.39 is 0 Å². The van der Waals surface area contributed by atoms with Crippen LogP contribution in [0.5, 0.6) is 0 Å². The van der Waals surface area contributed by atoms with Gasteiger partial charge in [-0.05, 0) is 33.5 Å². The molecule has 0 aromatic rings. The Labute approximate surface area is 69.6 Å². The van der Waals surface area contributed by atoms with E-state index in [4.69, 9.17) is 0 Å². The van der Waals surface area contributed by atoms with Crippen LogP contribution in [0.15, 0.2) is 0 Å². The molecule has 0 radical (unpaired) electrons. The summed E-state index contributed by atoms with van der Waals surface area (Å²) in [6.07, 6.45) is 2.97. The second kappa shape index (κ2) is 4.50. The third-order valence-electron chi connectivity index (χ3n) is 2.22. The fourth-order valence-electron chi connectivity index (χ4n) is 0.798. The highest BCUT2D eigenvalue weighted by Crippen LogP contribution is 2.22. The molecule has 66 valence electrons. The fourth-order valence-corrected chi connectivity index (χ4v) is 0.798. The highest BCUT2D eigenvalue weighted by molar-refractivity contribution is 5.58. The highest BCUT2D eigenvalue weighted by Gasteiger charge is 2.20. The summed E-state index contributed by atoms with van der Waals surface area (Å²) in [5.74, 6) is 0. The van der Waals surface area contributed by atoms with Gasteiger partial charge < -0.3 is 9.69 Å². The van der Waals surface area contributed by atoms with Crippen LogP contribution in [0.25, 0.3) is 0 Å². The van der Waals surface area contributed by atoms with Crippen LogP contribution in [0.2, 0.25) is 0 Å². The monoisotopic (exact) mass is 157 g/mol. The molecule has 11 heavy (non-hydrogen) atoms. The molecule has 0 bridgehead atoms. The van der Waals surface area contributed by atoms with Crippen molar-refractivity contribution in [1.82, 2.24) is 4.90 Å². The summed E-state index contributed by atoms with van der Waals surface area (Å²) >= 11 is 0. The molecule has 0 spiro atoms. The molecule has 0 aliphatic carbocycles. The van der Waals surface area contributed by atoms with E-state index in [1.165, 1.54) is 0 Å². The Morgan fingerprint density at radius 2 is 2.00 bits per heavy atom. The number of hydrogen-bond donors (Lipinski definition) is 0. The van der Waals surface area contributed by atoms with Crippen molar-refractivity contribution in [3.8, 4) is 0 Å². The SMILES string of the molecule is CCC(C)(C=O)CCN(C)C. The maximum atomic E-state index is 10.7. The van der Waals surface area contributed by atoms with Gasteiger partial charge in [0.05, 0.1) is 0 Å². The van der Waals surface area contributed by atoms with Gasteiger partial charge in [0.15, 0.2) is 0 Å². The van der Waals surface area contributed by atoms with E-state index in [-0.39, 0.29) is 5.41 Å². The molecule has 0 rings (SSSR count). The summed E-state index contributed by atoms with van der Waals surface area (Å²) < 4.78 is 0. The van der Waals surface area contributed by atoms with Gasteiger partial charge in [-0.1, -0.05) is 13.8 Å². The van der Waals surface area contributed by atoms with Gasteiger partial charge in [0.1, 0.15) is 6.29 Å². The van der Waals surface area contributed by atoms with E-state index in [2.05, 4.69) is 11.8 Å². The van der Waals surface area contributed by atoms with E-state index in [0.29, 0.717) is 0 Å². The van der Waals surface area contributed by atoms with Crippen molar-refractivity contribution in [3.63, 3.8) is 0 Å². The number of carbonyl (C=O) groups excluding carboxylic acids is 1. The fraction of sp³-hybridized carbons (Fsp3) is 0.889. The van der Waals surface area contributed by atoms with Crippen LogP contribution < -0.4 is 0 Å². The van der Waals surface area contributed by atoms with Gasteiger partial charge in [0.25, 0.3) is 0 Å². The van der Waals surface area contributed by atoms with Gasteiger partial charge in [-0.15, -0.1) is 0 Å². The van der Waals surface area contributed by atoms with E-state index >= 15 is 0 Å². The minimum absolute atomic E-state index is 0.107. The van der Waals surface area contributed by atoms with Crippen LogP contribution in [0, 0.1) is 5.41 Å². The average Bonchev–Trinajstić information content (AvgIpc) is 2.00. The first-order valence-corrected chi connectivity index (χ1v) is 4.15. The molecule has 0 saturated heterocycles. The second-order valence-corrected chi connectivity index (χ2v) is 3.68. The maximum Gasteiger partial charge on any atom is 0.125 e. The second-order valence-electron chi connectivity index (χ2n) is 3.68. The van der Waals surface area contributed by atoms with E-state index in [1.54, 1.807) is 0 Å². The molecule has 0 aliphatic heterocycles. The largest absolute Gasteiger partial charge is 0.309 e. The lowest BCUT2D eigenvalue weighted by molar-refractivity contribution is -0.116. The zero-order valence-corrected chi connectivity index (χ0v) is 8.05. The molecular formula is C9H19NO. The van der Waals surface area contributed by atoms with Crippen molar-refractivity contribution < 1.29 is 4.79 Å². The van der Waals surface area contributed by atoms with Crippen LogP contribution >= 0.6 is 0 Å². The Morgan fingerprint density at radius 1 is 1.45 bits per heavy atom. The molecule has 0 heterocycles. The zero-order valence-electron chi connectivity index (χ0n) is 8.05. The first kappa shape index (κ1) is 10.6. The summed E-state index contributed by atoms with van der Waals surface area (Å²) in [5.41, 5.74) is -0.107. The summed E-state index contributed by atoms with van der Waals surface area (Å²) in [5, 5.41) is 0. The Hall–Kier alpha value is -0.370. The Kier molecular flexibility index (Phi) is 4.34. The Bertz CT molecular complexity index is 123. The van der Waals surface area contributed by atoms with Crippen LogP contribution in [-0.2, 0) is 4.79 Å². The predicted octanol–water partition coefficient (Wildman–Crippen LogP) is 1.55. The molecular weight excluding hydrogens is 138 g/mol. The standard InChI is InChI=1S/C9H19NO/c1-5-9(2,8-11)6-7-10(3)4/h8H,5-7H2,1-4H3. The summed E-state index contributed by atoms with van der Waals surface area (Å²) in [7, 11) is 4.06. The third-order valence-corrected chi connectivity index (χ3v) is 2.22. The highest BCUT2D eigenvalue weighted by atomic mass is 16.1. The van der Waals surface area contributed by atoms with Crippen molar-refractivity contribution in [1.29, 1.82) is 0 Å². The van der Waals surface area contributed by atoms with Gasteiger partial charge in [-0.3, -0.25) is 0 Å². The molecule has 2 heteroatoms. The molecule has 0 aromatic heterocycles. The van der Waals surface area contributed by atoms with Crippen LogP contribution in [0.4, 0.5) is 0 Å². The molecule has 0 saturated carbocycles. The van der Waals surface area contributed by atoms with Crippen molar-refractivity contribution in [2.45, 2.75) is 26.7 Å². The minimum atomic E-state index is -0.107. The molecule has 1 atom stereocenters. The van der Waals surface area contributed by atoms with Gasteiger partial charge in [-0.25, -0.2) is 0 Å². The lowest BCUT2D eigenvalue weighted by atomic mass is 9.86. The first-order chi connectivity index (χ1) is 5.04. The van der Waals surface area contributed by atoms with Gasteiger partial charge in [0.2, 0.25) is 0 Å². The van der Waals surface area contributed by atoms with Crippen molar-refractivity contribution in [3.05, 3.63) is 0 Å². The van der Waals surface area contributed by atoms with Crippen LogP contribution in [0.3, 0.4) is 0 Å². The van der Waals surface area contributed by atoms with Crippen LogP contribution in [0.1, 0.15) is 26.7 Å².